The van der Waals surface area contributed by atoms with E-state index in [2.05, 4.69) is 10.1 Å². The molecule has 7 heteroatoms. The van der Waals surface area contributed by atoms with Crippen LogP contribution in [-0.4, -0.2) is 25.9 Å². The van der Waals surface area contributed by atoms with E-state index in [1.54, 1.807) is 6.92 Å². The number of benzene rings is 1. The van der Waals surface area contributed by atoms with Crippen molar-refractivity contribution in [3.05, 3.63) is 35.4 Å². The van der Waals surface area contributed by atoms with Gasteiger partial charge in [-0.25, -0.2) is 8.78 Å². The zero-order chi connectivity index (χ0) is 14.5. The van der Waals surface area contributed by atoms with Crippen molar-refractivity contribution in [3.8, 4) is 0 Å². The van der Waals surface area contributed by atoms with Gasteiger partial charge >= 0.3 is 6.18 Å². The summed E-state index contributed by atoms with van der Waals surface area (Å²) in [6, 6.07) is 1.99. The molecule has 1 atom stereocenters. The van der Waals surface area contributed by atoms with Crippen LogP contribution >= 0.6 is 0 Å². The molecule has 0 bridgehead atoms. The Labute approximate surface area is 107 Å². The SMILES string of the molecule is CCNC(COCC(F)(F)F)c1cc(F)ccc1F. The van der Waals surface area contributed by atoms with E-state index in [0.717, 1.165) is 18.2 Å². The summed E-state index contributed by atoms with van der Waals surface area (Å²) in [6.07, 6.45) is -4.45. The van der Waals surface area contributed by atoms with Gasteiger partial charge in [-0.05, 0) is 24.7 Å². The van der Waals surface area contributed by atoms with Gasteiger partial charge in [0, 0.05) is 5.56 Å². The van der Waals surface area contributed by atoms with Crippen molar-refractivity contribution >= 4 is 0 Å². The van der Waals surface area contributed by atoms with Gasteiger partial charge in [-0.3, -0.25) is 0 Å². The summed E-state index contributed by atoms with van der Waals surface area (Å²) in [5.41, 5.74) is -0.0518. The third-order valence-corrected chi connectivity index (χ3v) is 2.33. The fraction of sp³-hybridized carbons (Fsp3) is 0.500. The Bertz CT molecular complexity index is 408. The molecule has 108 valence electrons. The van der Waals surface area contributed by atoms with Gasteiger partial charge in [0.2, 0.25) is 0 Å². The van der Waals surface area contributed by atoms with Crippen molar-refractivity contribution in [2.24, 2.45) is 0 Å². The van der Waals surface area contributed by atoms with Crippen LogP contribution in [0.25, 0.3) is 0 Å². The summed E-state index contributed by atoms with van der Waals surface area (Å²) in [5.74, 6) is -1.35. The molecule has 0 amide bonds. The minimum Gasteiger partial charge on any atom is -0.370 e. The minimum atomic E-state index is -4.45. The van der Waals surface area contributed by atoms with Crippen molar-refractivity contribution < 1.29 is 26.7 Å². The highest BCUT2D eigenvalue weighted by molar-refractivity contribution is 5.22. The first kappa shape index (κ1) is 15.8. The highest BCUT2D eigenvalue weighted by atomic mass is 19.4. The fourth-order valence-corrected chi connectivity index (χ4v) is 1.58. The van der Waals surface area contributed by atoms with Crippen LogP contribution < -0.4 is 5.32 Å². The lowest BCUT2D eigenvalue weighted by atomic mass is 10.1. The summed E-state index contributed by atoms with van der Waals surface area (Å²) in [6.45, 7) is 0.267. The highest BCUT2D eigenvalue weighted by Crippen LogP contribution is 2.20. The van der Waals surface area contributed by atoms with Gasteiger partial charge in [0.05, 0.1) is 12.6 Å². The van der Waals surface area contributed by atoms with Gasteiger partial charge in [-0.15, -0.1) is 0 Å². The lowest BCUT2D eigenvalue weighted by molar-refractivity contribution is -0.175. The molecule has 1 aromatic rings. The highest BCUT2D eigenvalue weighted by Gasteiger charge is 2.28. The molecule has 0 heterocycles. The molecular formula is C12H14F5NO. The number of hydrogen-bond donors (Lipinski definition) is 1. The number of rotatable bonds is 6. The van der Waals surface area contributed by atoms with Gasteiger partial charge in [-0.1, -0.05) is 6.92 Å². The molecule has 0 fully saturated rings. The van der Waals surface area contributed by atoms with Crippen molar-refractivity contribution in [1.29, 1.82) is 0 Å². The van der Waals surface area contributed by atoms with Gasteiger partial charge in [0.25, 0.3) is 0 Å². The van der Waals surface area contributed by atoms with Crippen LogP contribution in [-0.2, 0) is 4.74 Å². The van der Waals surface area contributed by atoms with Gasteiger partial charge in [0.15, 0.2) is 0 Å². The molecule has 0 saturated heterocycles. The Balaban J connectivity index is 2.73. The Kier molecular flexibility index (Phi) is 5.68. The number of nitrogens with one attached hydrogen (secondary N) is 1. The van der Waals surface area contributed by atoms with E-state index in [9.17, 15) is 22.0 Å². The van der Waals surface area contributed by atoms with Crippen LogP contribution in [0.5, 0.6) is 0 Å². The van der Waals surface area contributed by atoms with Crippen LogP contribution in [0.3, 0.4) is 0 Å². The van der Waals surface area contributed by atoms with E-state index in [-0.39, 0.29) is 5.56 Å². The van der Waals surface area contributed by atoms with E-state index in [4.69, 9.17) is 0 Å². The zero-order valence-corrected chi connectivity index (χ0v) is 10.2. The monoisotopic (exact) mass is 283 g/mol. The maximum Gasteiger partial charge on any atom is 0.411 e. The number of hydrogen-bond acceptors (Lipinski definition) is 2. The largest absolute Gasteiger partial charge is 0.411 e. The van der Waals surface area contributed by atoms with Crippen molar-refractivity contribution in [3.63, 3.8) is 0 Å². The molecule has 1 N–H and O–H groups in total. The molecule has 0 aliphatic heterocycles. The third kappa shape index (κ3) is 5.52. The molecule has 1 aromatic carbocycles. The number of ether oxygens (including phenoxy) is 1. The van der Waals surface area contributed by atoms with Crippen LogP contribution in [0.1, 0.15) is 18.5 Å². The fourth-order valence-electron chi connectivity index (χ4n) is 1.58. The second kappa shape index (κ2) is 6.81. The van der Waals surface area contributed by atoms with Crippen LogP contribution in [0.2, 0.25) is 0 Å². The Hall–Kier alpha value is -1.21. The Morgan fingerprint density at radius 3 is 2.53 bits per heavy atom. The number of halogens is 5. The summed E-state index contributed by atoms with van der Waals surface area (Å²) >= 11 is 0. The normalized spacial score (nSPS) is 13.6. The first-order chi connectivity index (χ1) is 8.83. The molecule has 0 aliphatic rings. The Morgan fingerprint density at radius 2 is 1.95 bits per heavy atom. The predicted octanol–water partition coefficient (Wildman–Crippen LogP) is 3.19. The molecule has 1 unspecified atom stereocenters. The topological polar surface area (TPSA) is 21.3 Å². The van der Waals surface area contributed by atoms with E-state index in [1.165, 1.54) is 0 Å². The first-order valence-corrected chi connectivity index (χ1v) is 5.66. The minimum absolute atomic E-state index is 0.0518. The standard InChI is InChI=1S/C12H14F5NO/c1-2-18-11(6-19-7-12(15,16)17)9-5-8(13)3-4-10(9)14/h3-5,11,18H,2,6-7H2,1H3. The maximum atomic E-state index is 13.5. The van der Waals surface area contributed by atoms with Crippen LogP contribution in [0.15, 0.2) is 18.2 Å². The first-order valence-electron chi connectivity index (χ1n) is 5.66. The van der Waals surface area contributed by atoms with E-state index >= 15 is 0 Å². The smallest absolute Gasteiger partial charge is 0.370 e. The molecule has 19 heavy (non-hydrogen) atoms. The molecular weight excluding hydrogens is 269 g/mol. The van der Waals surface area contributed by atoms with Crippen LogP contribution in [0, 0.1) is 11.6 Å². The van der Waals surface area contributed by atoms with Crippen molar-refractivity contribution in [2.45, 2.75) is 19.1 Å². The van der Waals surface area contributed by atoms with Gasteiger partial charge in [0.1, 0.15) is 18.2 Å². The molecule has 0 aromatic heterocycles. The quantitative estimate of drug-likeness (QED) is 0.810. The number of alkyl halides is 3. The molecule has 0 radical (unpaired) electrons. The summed E-state index contributed by atoms with van der Waals surface area (Å²) in [4.78, 5) is 0. The van der Waals surface area contributed by atoms with E-state index < -0.39 is 37.1 Å². The Morgan fingerprint density at radius 1 is 1.26 bits per heavy atom. The summed E-state index contributed by atoms with van der Waals surface area (Å²) in [5, 5.41) is 2.75. The maximum absolute atomic E-state index is 13.5. The lowest BCUT2D eigenvalue weighted by Gasteiger charge is -2.19. The van der Waals surface area contributed by atoms with E-state index in [1.807, 2.05) is 0 Å². The third-order valence-electron chi connectivity index (χ3n) is 2.33. The van der Waals surface area contributed by atoms with Crippen molar-refractivity contribution in [1.82, 2.24) is 5.32 Å². The molecule has 0 spiro atoms. The second-order valence-corrected chi connectivity index (χ2v) is 3.91. The molecule has 1 rings (SSSR count). The number of likely N-dealkylation sites (N-methyl/N-ethyl adjacent to an activating group) is 1. The summed E-state index contributed by atoms with van der Waals surface area (Å²) < 4.78 is 66.9. The average Bonchev–Trinajstić information content (AvgIpc) is 2.30. The summed E-state index contributed by atoms with van der Waals surface area (Å²) in [7, 11) is 0. The lowest BCUT2D eigenvalue weighted by Crippen LogP contribution is -2.28. The molecule has 0 saturated carbocycles. The second-order valence-electron chi connectivity index (χ2n) is 3.91. The van der Waals surface area contributed by atoms with Gasteiger partial charge < -0.3 is 10.1 Å². The average molecular weight is 283 g/mol. The zero-order valence-electron chi connectivity index (χ0n) is 10.2. The van der Waals surface area contributed by atoms with Crippen LogP contribution in [0.4, 0.5) is 22.0 Å². The molecule has 2 nitrogen and oxygen atoms in total. The van der Waals surface area contributed by atoms with E-state index in [0.29, 0.717) is 6.54 Å². The van der Waals surface area contributed by atoms with Crippen molar-refractivity contribution in [2.75, 3.05) is 19.8 Å². The molecule has 0 aliphatic carbocycles. The predicted molar refractivity (Wildman–Crippen MR) is 59.6 cm³/mol. The van der Waals surface area contributed by atoms with Gasteiger partial charge in [-0.2, -0.15) is 13.2 Å².